The van der Waals surface area contributed by atoms with E-state index in [2.05, 4.69) is 22.8 Å². The van der Waals surface area contributed by atoms with Crippen molar-refractivity contribution in [3.8, 4) is 5.75 Å². The molecule has 1 aliphatic rings. The third-order valence-corrected chi connectivity index (χ3v) is 4.56. The molecule has 0 heterocycles. The van der Waals surface area contributed by atoms with Gasteiger partial charge in [0.25, 0.3) is 0 Å². The second-order valence-electron chi connectivity index (χ2n) is 6.04. The molecular formula is C18H28N2OS. The predicted octanol–water partition coefficient (Wildman–Crippen LogP) is 3.81. The minimum Gasteiger partial charge on any atom is -0.497 e. The average Bonchev–Trinajstić information content (AvgIpc) is 2.50. The Morgan fingerprint density at radius 1 is 1.09 bits per heavy atom. The summed E-state index contributed by atoms with van der Waals surface area (Å²) >= 11 is 5.43. The van der Waals surface area contributed by atoms with E-state index in [-0.39, 0.29) is 0 Å². The molecule has 1 aromatic carbocycles. The molecule has 1 fully saturated rings. The number of hydrogen-bond donors (Lipinski definition) is 2. The molecule has 0 saturated heterocycles. The van der Waals surface area contributed by atoms with Crippen LogP contribution in [0.1, 0.15) is 50.5 Å². The van der Waals surface area contributed by atoms with Crippen LogP contribution in [0.4, 0.5) is 0 Å². The number of hydrogen-bond acceptors (Lipinski definition) is 2. The quantitative estimate of drug-likeness (QED) is 0.808. The SMILES string of the molecule is COc1ccc(CCNC(=S)NC2CCCCCCC2)cc1. The van der Waals surface area contributed by atoms with Crippen LogP contribution in [-0.2, 0) is 6.42 Å². The van der Waals surface area contributed by atoms with Crippen LogP contribution in [0.5, 0.6) is 5.75 Å². The van der Waals surface area contributed by atoms with Crippen molar-refractivity contribution in [1.82, 2.24) is 10.6 Å². The van der Waals surface area contributed by atoms with Crippen molar-refractivity contribution < 1.29 is 4.74 Å². The third-order valence-electron chi connectivity index (χ3n) is 4.30. The van der Waals surface area contributed by atoms with Crippen molar-refractivity contribution in [2.45, 2.75) is 57.4 Å². The van der Waals surface area contributed by atoms with E-state index in [1.165, 1.54) is 50.5 Å². The fourth-order valence-corrected chi connectivity index (χ4v) is 3.22. The molecule has 2 rings (SSSR count). The molecule has 122 valence electrons. The molecular weight excluding hydrogens is 292 g/mol. The van der Waals surface area contributed by atoms with Gasteiger partial charge in [-0.2, -0.15) is 0 Å². The molecule has 0 unspecified atom stereocenters. The predicted molar refractivity (Wildman–Crippen MR) is 96.5 cm³/mol. The summed E-state index contributed by atoms with van der Waals surface area (Å²) < 4.78 is 5.17. The molecule has 0 aliphatic heterocycles. The lowest BCUT2D eigenvalue weighted by atomic mass is 9.97. The van der Waals surface area contributed by atoms with Gasteiger partial charge in [0.05, 0.1) is 7.11 Å². The lowest BCUT2D eigenvalue weighted by Gasteiger charge is -2.22. The molecule has 0 spiro atoms. The molecule has 3 nitrogen and oxygen atoms in total. The number of benzene rings is 1. The van der Waals surface area contributed by atoms with Gasteiger partial charge in [0.15, 0.2) is 5.11 Å². The highest BCUT2D eigenvalue weighted by Crippen LogP contribution is 2.17. The molecule has 22 heavy (non-hydrogen) atoms. The first-order valence-corrected chi connectivity index (χ1v) is 8.86. The Kier molecular flexibility index (Phi) is 7.50. The maximum atomic E-state index is 5.43. The van der Waals surface area contributed by atoms with Crippen LogP contribution in [0, 0.1) is 0 Å². The van der Waals surface area contributed by atoms with Crippen molar-refractivity contribution in [3.05, 3.63) is 29.8 Å². The van der Waals surface area contributed by atoms with Crippen molar-refractivity contribution in [1.29, 1.82) is 0 Å². The Morgan fingerprint density at radius 3 is 2.36 bits per heavy atom. The van der Waals surface area contributed by atoms with Crippen LogP contribution in [0.3, 0.4) is 0 Å². The zero-order chi connectivity index (χ0) is 15.6. The minimum atomic E-state index is 0.557. The number of rotatable bonds is 5. The molecule has 0 aromatic heterocycles. The van der Waals surface area contributed by atoms with Gasteiger partial charge < -0.3 is 15.4 Å². The zero-order valence-electron chi connectivity index (χ0n) is 13.6. The topological polar surface area (TPSA) is 33.3 Å². The molecule has 0 radical (unpaired) electrons. The number of methoxy groups -OCH3 is 1. The summed E-state index contributed by atoms with van der Waals surface area (Å²) in [5.74, 6) is 0.901. The fraction of sp³-hybridized carbons (Fsp3) is 0.611. The monoisotopic (exact) mass is 320 g/mol. The second kappa shape index (κ2) is 9.67. The molecule has 0 bridgehead atoms. The van der Waals surface area contributed by atoms with E-state index >= 15 is 0 Å². The van der Waals surface area contributed by atoms with Crippen molar-refractivity contribution in [3.63, 3.8) is 0 Å². The largest absolute Gasteiger partial charge is 0.497 e. The van der Waals surface area contributed by atoms with Gasteiger partial charge in [-0.1, -0.05) is 44.2 Å². The van der Waals surface area contributed by atoms with Crippen LogP contribution < -0.4 is 15.4 Å². The van der Waals surface area contributed by atoms with Crippen molar-refractivity contribution in [2.24, 2.45) is 0 Å². The average molecular weight is 321 g/mol. The summed E-state index contributed by atoms with van der Waals surface area (Å²) in [5.41, 5.74) is 1.29. The van der Waals surface area contributed by atoms with E-state index in [4.69, 9.17) is 17.0 Å². The van der Waals surface area contributed by atoms with Crippen LogP contribution >= 0.6 is 12.2 Å². The summed E-state index contributed by atoms with van der Waals surface area (Å²) in [6.07, 6.45) is 10.3. The molecule has 0 atom stereocenters. The van der Waals surface area contributed by atoms with Gasteiger partial charge in [-0.05, 0) is 49.2 Å². The Hall–Kier alpha value is -1.29. The number of ether oxygens (including phenoxy) is 1. The lowest BCUT2D eigenvalue weighted by molar-refractivity contribution is 0.414. The first-order valence-electron chi connectivity index (χ1n) is 8.45. The summed E-state index contributed by atoms with van der Waals surface area (Å²) in [4.78, 5) is 0. The summed E-state index contributed by atoms with van der Waals surface area (Å²) in [5, 5.41) is 7.63. The molecule has 4 heteroatoms. The number of nitrogens with one attached hydrogen (secondary N) is 2. The van der Waals surface area contributed by atoms with Crippen molar-refractivity contribution >= 4 is 17.3 Å². The summed E-state index contributed by atoms with van der Waals surface area (Å²) in [6, 6.07) is 8.76. The first-order chi connectivity index (χ1) is 10.8. The fourth-order valence-electron chi connectivity index (χ4n) is 2.95. The van der Waals surface area contributed by atoms with Crippen LogP contribution in [0.15, 0.2) is 24.3 Å². The van der Waals surface area contributed by atoms with Gasteiger partial charge in [-0.25, -0.2) is 0 Å². The van der Waals surface area contributed by atoms with Gasteiger partial charge in [-0.15, -0.1) is 0 Å². The molecule has 1 aliphatic carbocycles. The van der Waals surface area contributed by atoms with E-state index in [1.54, 1.807) is 7.11 Å². The van der Waals surface area contributed by atoms with Crippen LogP contribution in [-0.4, -0.2) is 24.8 Å². The third kappa shape index (κ3) is 6.22. The highest BCUT2D eigenvalue weighted by Gasteiger charge is 2.11. The van der Waals surface area contributed by atoms with Gasteiger partial charge in [-0.3, -0.25) is 0 Å². The van der Waals surface area contributed by atoms with Crippen molar-refractivity contribution in [2.75, 3.05) is 13.7 Å². The Bertz CT molecular complexity index is 439. The molecule has 2 N–H and O–H groups in total. The highest BCUT2D eigenvalue weighted by atomic mass is 32.1. The van der Waals surface area contributed by atoms with E-state index in [0.29, 0.717) is 6.04 Å². The minimum absolute atomic E-state index is 0.557. The van der Waals surface area contributed by atoms with Crippen LogP contribution in [0.2, 0.25) is 0 Å². The summed E-state index contributed by atoms with van der Waals surface area (Å²) in [7, 11) is 1.69. The Labute approximate surface area is 139 Å². The zero-order valence-corrected chi connectivity index (χ0v) is 14.4. The van der Waals surface area contributed by atoms with Gasteiger partial charge in [0.2, 0.25) is 0 Å². The van der Waals surface area contributed by atoms with E-state index in [1.807, 2.05) is 12.1 Å². The Morgan fingerprint density at radius 2 is 1.73 bits per heavy atom. The van der Waals surface area contributed by atoms with Gasteiger partial charge in [0, 0.05) is 12.6 Å². The van der Waals surface area contributed by atoms with Crippen LogP contribution in [0.25, 0.3) is 0 Å². The second-order valence-corrected chi connectivity index (χ2v) is 6.45. The standard InChI is InChI=1S/C18H28N2OS/c1-21-17-11-9-15(10-12-17)13-14-19-18(22)20-16-7-5-3-2-4-6-8-16/h9-12,16H,2-8,13-14H2,1H3,(H2,19,20,22). The van der Waals surface area contributed by atoms with Gasteiger partial charge in [0.1, 0.15) is 5.75 Å². The normalized spacial score (nSPS) is 16.4. The van der Waals surface area contributed by atoms with Gasteiger partial charge >= 0.3 is 0 Å². The highest BCUT2D eigenvalue weighted by molar-refractivity contribution is 7.80. The number of thiocarbonyl (C=S) groups is 1. The Balaban J connectivity index is 1.65. The maximum Gasteiger partial charge on any atom is 0.166 e. The smallest absolute Gasteiger partial charge is 0.166 e. The molecule has 1 aromatic rings. The van der Waals surface area contributed by atoms with E-state index in [0.717, 1.165) is 23.8 Å². The maximum absolute atomic E-state index is 5.43. The lowest BCUT2D eigenvalue weighted by Crippen LogP contribution is -2.42. The van der Waals surface area contributed by atoms with E-state index in [9.17, 15) is 0 Å². The molecule has 0 amide bonds. The van der Waals surface area contributed by atoms with E-state index < -0.39 is 0 Å². The summed E-state index contributed by atoms with van der Waals surface area (Å²) in [6.45, 7) is 0.866. The molecule has 1 saturated carbocycles. The first kappa shape index (κ1) is 17.1.